The molecule has 0 radical (unpaired) electrons. The van der Waals surface area contributed by atoms with Gasteiger partial charge in [-0.05, 0) is 32.4 Å². The molecule has 0 spiro atoms. The molecule has 0 N–H and O–H groups in total. The van der Waals surface area contributed by atoms with Crippen LogP contribution in [-0.4, -0.2) is 13.7 Å². The van der Waals surface area contributed by atoms with Crippen molar-refractivity contribution in [2.45, 2.75) is 20.3 Å². The predicted molar refractivity (Wildman–Crippen MR) is 62.5 cm³/mol. The molecule has 0 saturated heterocycles. The van der Waals surface area contributed by atoms with Crippen molar-refractivity contribution in [1.29, 1.82) is 5.26 Å². The summed E-state index contributed by atoms with van der Waals surface area (Å²) < 4.78 is 10.8. The molecule has 0 fully saturated rings. The van der Waals surface area contributed by atoms with Crippen molar-refractivity contribution in [1.82, 2.24) is 0 Å². The van der Waals surface area contributed by atoms with Crippen LogP contribution in [0.15, 0.2) is 24.3 Å². The van der Waals surface area contributed by atoms with E-state index in [1.54, 1.807) is 7.11 Å². The summed E-state index contributed by atoms with van der Waals surface area (Å²) in [5.74, 6) is 1.44. The molecule has 0 heterocycles. The first kappa shape index (κ1) is 12.4. The van der Waals surface area contributed by atoms with Crippen molar-refractivity contribution in [3.8, 4) is 17.6 Å². The van der Waals surface area contributed by atoms with Gasteiger partial charge in [-0.25, -0.2) is 0 Å². The van der Waals surface area contributed by atoms with Crippen molar-refractivity contribution in [3.63, 3.8) is 0 Å². The minimum absolute atomic E-state index is 0.345. The molecule has 3 heteroatoms. The van der Waals surface area contributed by atoms with Crippen LogP contribution < -0.4 is 9.47 Å². The molecule has 1 aromatic rings. The minimum atomic E-state index is -0.345. The summed E-state index contributed by atoms with van der Waals surface area (Å²) in [7, 11) is 1.61. The fourth-order valence-corrected chi connectivity index (χ4v) is 1.21. The predicted octanol–water partition coefficient (Wildman–Crippen LogP) is 3.01. The zero-order valence-electron chi connectivity index (χ0n) is 9.99. The third kappa shape index (κ3) is 3.47. The molecule has 0 aliphatic carbocycles. The monoisotopic (exact) mass is 219 g/mol. The van der Waals surface area contributed by atoms with E-state index >= 15 is 0 Å². The van der Waals surface area contributed by atoms with Gasteiger partial charge in [0, 0.05) is 0 Å². The minimum Gasteiger partial charge on any atom is -0.493 e. The summed E-state index contributed by atoms with van der Waals surface area (Å²) in [6.07, 6.45) is 0.696. The summed E-state index contributed by atoms with van der Waals surface area (Å²) in [6, 6.07) is 9.75. The van der Waals surface area contributed by atoms with Gasteiger partial charge in [-0.15, -0.1) is 0 Å². The Morgan fingerprint density at radius 1 is 1.25 bits per heavy atom. The Hall–Kier alpha value is -1.69. The molecule has 3 nitrogen and oxygen atoms in total. The normalized spacial score (nSPS) is 10.6. The Labute approximate surface area is 96.6 Å². The number of rotatable bonds is 5. The van der Waals surface area contributed by atoms with Gasteiger partial charge in [0.05, 0.1) is 25.2 Å². The molecular formula is C13H17NO2. The van der Waals surface area contributed by atoms with E-state index in [4.69, 9.17) is 14.7 Å². The quantitative estimate of drug-likeness (QED) is 0.764. The highest BCUT2D eigenvalue weighted by molar-refractivity contribution is 5.39. The molecule has 0 bridgehead atoms. The number of ether oxygens (including phenoxy) is 2. The van der Waals surface area contributed by atoms with Gasteiger partial charge in [-0.1, -0.05) is 12.1 Å². The molecule has 0 aliphatic heterocycles. The highest BCUT2D eigenvalue weighted by atomic mass is 16.5. The lowest BCUT2D eigenvalue weighted by Crippen LogP contribution is -2.13. The van der Waals surface area contributed by atoms with Gasteiger partial charge < -0.3 is 9.47 Å². The fraction of sp³-hybridized carbons (Fsp3) is 0.462. The molecular weight excluding hydrogens is 202 g/mol. The van der Waals surface area contributed by atoms with Gasteiger partial charge in [0.15, 0.2) is 11.5 Å². The van der Waals surface area contributed by atoms with Gasteiger partial charge in [0.2, 0.25) is 0 Å². The zero-order chi connectivity index (χ0) is 12.0. The van der Waals surface area contributed by atoms with Gasteiger partial charge >= 0.3 is 0 Å². The first-order valence-corrected chi connectivity index (χ1v) is 5.26. The van der Waals surface area contributed by atoms with Gasteiger partial charge in [-0.2, -0.15) is 5.26 Å². The van der Waals surface area contributed by atoms with Crippen molar-refractivity contribution >= 4 is 0 Å². The lowest BCUT2D eigenvalue weighted by molar-refractivity contribution is 0.252. The lowest BCUT2D eigenvalue weighted by Gasteiger charge is -2.16. The van der Waals surface area contributed by atoms with Crippen molar-refractivity contribution in [2.24, 2.45) is 5.41 Å². The van der Waals surface area contributed by atoms with E-state index in [9.17, 15) is 0 Å². The van der Waals surface area contributed by atoms with Crippen molar-refractivity contribution < 1.29 is 9.47 Å². The highest BCUT2D eigenvalue weighted by Crippen LogP contribution is 2.27. The molecule has 0 aromatic heterocycles. The van der Waals surface area contributed by atoms with E-state index < -0.39 is 0 Å². The van der Waals surface area contributed by atoms with E-state index in [0.717, 1.165) is 11.5 Å². The van der Waals surface area contributed by atoms with Crippen LogP contribution in [0, 0.1) is 16.7 Å². The van der Waals surface area contributed by atoms with E-state index in [1.807, 2.05) is 38.1 Å². The van der Waals surface area contributed by atoms with Gasteiger partial charge in [0.1, 0.15) is 0 Å². The summed E-state index contributed by atoms with van der Waals surface area (Å²) in [4.78, 5) is 0. The number of para-hydroxylation sites is 2. The average Bonchev–Trinajstić information content (AvgIpc) is 2.29. The number of hydrogen-bond donors (Lipinski definition) is 0. The second-order valence-electron chi connectivity index (χ2n) is 4.25. The second-order valence-corrected chi connectivity index (χ2v) is 4.25. The van der Waals surface area contributed by atoms with Gasteiger partial charge in [0.25, 0.3) is 0 Å². The molecule has 0 aliphatic rings. The topological polar surface area (TPSA) is 42.2 Å². The summed E-state index contributed by atoms with van der Waals surface area (Å²) in [5, 5.41) is 8.86. The Morgan fingerprint density at radius 3 is 2.44 bits per heavy atom. The maximum absolute atomic E-state index is 8.86. The van der Waals surface area contributed by atoms with Crippen molar-refractivity contribution in [3.05, 3.63) is 24.3 Å². The standard InChI is InChI=1S/C13H17NO2/c1-13(2,10-14)8-9-16-12-7-5-4-6-11(12)15-3/h4-7H,8-9H2,1-3H3. The Kier molecular flexibility index (Phi) is 4.19. The Morgan fingerprint density at radius 2 is 1.88 bits per heavy atom. The number of nitriles is 1. The van der Waals surface area contributed by atoms with Crippen LogP contribution in [-0.2, 0) is 0 Å². The Balaban J connectivity index is 2.53. The molecule has 0 saturated carbocycles. The number of benzene rings is 1. The van der Waals surface area contributed by atoms with E-state index in [1.165, 1.54) is 0 Å². The Bertz CT molecular complexity index is 380. The number of hydrogen-bond acceptors (Lipinski definition) is 3. The summed E-state index contributed by atoms with van der Waals surface area (Å²) >= 11 is 0. The number of methoxy groups -OCH3 is 1. The summed E-state index contributed by atoms with van der Waals surface area (Å²) in [6.45, 7) is 4.32. The van der Waals surface area contributed by atoms with Crippen LogP contribution in [0.25, 0.3) is 0 Å². The molecule has 1 rings (SSSR count). The smallest absolute Gasteiger partial charge is 0.161 e. The second kappa shape index (κ2) is 5.41. The summed E-state index contributed by atoms with van der Waals surface area (Å²) in [5.41, 5.74) is -0.345. The third-order valence-electron chi connectivity index (χ3n) is 2.36. The van der Waals surface area contributed by atoms with Crippen LogP contribution in [0.3, 0.4) is 0 Å². The molecule has 0 unspecified atom stereocenters. The molecule has 1 aromatic carbocycles. The molecule has 0 amide bonds. The SMILES string of the molecule is COc1ccccc1OCCC(C)(C)C#N. The lowest BCUT2D eigenvalue weighted by atomic mass is 9.92. The molecule has 86 valence electrons. The number of nitrogens with zero attached hydrogens (tertiary/aromatic N) is 1. The van der Waals surface area contributed by atoms with Crippen molar-refractivity contribution in [2.75, 3.05) is 13.7 Å². The average molecular weight is 219 g/mol. The zero-order valence-corrected chi connectivity index (χ0v) is 9.99. The van der Waals surface area contributed by atoms with Crippen LogP contribution in [0.1, 0.15) is 20.3 Å². The third-order valence-corrected chi connectivity index (χ3v) is 2.36. The van der Waals surface area contributed by atoms with E-state index in [0.29, 0.717) is 13.0 Å². The first-order chi connectivity index (χ1) is 7.59. The maximum Gasteiger partial charge on any atom is 0.161 e. The van der Waals surface area contributed by atoms with E-state index in [-0.39, 0.29) is 5.41 Å². The van der Waals surface area contributed by atoms with Crippen LogP contribution in [0.4, 0.5) is 0 Å². The molecule has 16 heavy (non-hydrogen) atoms. The maximum atomic E-state index is 8.86. The van der Waals surface area contributed by atoms with Crippen LogP contribution in [0.2, 0.25) is 0 Å². The molecule has 0 atom stereocenters. The van der Waals surface area contributed by atoms with Crippen LogP contribution >= 0.6 is 0 Å². The first-order valence-electron chi connectivity index (χ1n) is 5.26. The highest BCUT2D eigenvalue weighted by Gasteiger charge is 2.16. The van der Waals surface area contributed by atoms with Gasteiger partial charge in [-0.3, -0.25) is 0 Å². The fourth-order valence-electron chi connectivity index (χ4n) is 1.21. The van der Waals surface area contributed by atoms with Crippen LogP contribution in [0.5, 0.6) is 11.5 Å². The largest absolute Gasteiger partial charge is 0.493 e. The van der Waals surface area contributed by atoms with E-state index in [2.05, 4.69) is 6.07 Å².